The van der Waals surface area contributed by atoms with Crippen molar-refractivity contribution >= 4 is 34.2 Å². The van der Waals surface area contributed by atoms with E-state index >= 15 is 0 Å². The molecule has 9 heteroatoms. The SMILES string of the molecule is Cc1ccc(N2C(=O)CCC[C@H]2c2nc3cc(-c4c(C)noc4C)ccc3n2C2CCC(F)(F)CC2)cc1Cl. The number of hydrogen-bond acceptors (Lipinski definition) is 4. The lowest BCUT2D eigenvalue weighted by molar-refractivity contribution is -0.120. The first-order valence-corrected chi connectivity index (χ1v) is 13.9. The van der Waals surface area contributed by atoms with Gasteiger partial charge in [0.25, 0.3) is 0 Å². The maximum Gasteiger partial charge on any atom is 0.248 e. The van der Waals surface area contributed by atoms with Crippen LogP contribution in [0.25, 0.3) is 22.2 Å². The smallest absolute Gasteiger partial charge is 0.248 e. The number of rotatable bonds is 4. The summed E-state index contributed by atoms with van der Waals surface area (Å²) in [7, 11) is 0. The van der Waals surface area contributed by atoms with E-state index in [4.69, 9.17) is 21.1 Å². The first-order valence-electron chi connectivity index (χ1n) is 13.5. The van der Waals surface area contributed by atoms with Gasteiger partial charge in [-0.2, -0.15) is 0 Å². The highest BCUT2D eigenvalue weighted by Gasteiger charge is 2.39. The number of aromatic nitrogens is 3. The highest BCUT2D eigenvalue weighted by Crippen LogP contribution is 2.44. The Kier molecular flexibility index (Phi) is 6.49. The monoisotopic (exact) mass is 552 g/mol. The zero-order chi connectivity index (χ0) is 27.5. The number of benzene rings is 2. The minimum atomic E-state index is -2.64. The number of amides is 1. The third kappa shape index (κ3) is 4.62. The number of alkyl halides is 2. The van der Waals surface area contributed by atoms with Crippen molar-refractivity contribution in [1.29, 1.82) is 0 Å². The van der Waals surface area contributed by atoms with Gasteiger partial charge in [-0.05, 0) is 81.8 Å². The fourth-order valence-electron chi connectivity index (χ4n) is 6.24. The lowest BCUT2D eigenvalue weighted by Crippen LogP contribution is -2.40. The van der Waals surface area contributed by atoms with Gasteiger partial charge in [-0.25, -0.2) is 13.8 Å². The quantitative estimate of drug-likeness (QED) is 0.255. The summed E-state index contributed by atoms with van der Waals surface area (Å²) in [6.07, 6.45) is 2.29. The van der Waals surface area contributed by atoms with Gasteiger partial charge >= 0.3 is 0 Å². The maximum absolute atomic E-state index is 14.2. The van der Waals surface area contributed by atoms with Crippen LogP contribution < -0.4 is 4.90 Å². The second-order valence-electron chi connectivity index (χ2n) is 10.9. The van der Waals surface area contributed by atoms with Crippen molar-refractivity contribution < 1.29 is 18.1 Å². The van der Waals surface area contributed by atoms with Gasteiger partial charge in [-0.1, -0.05) is 28.9 Å². The molecule has 1 saturated carbocycles. The van der Waals surface area contributed by atoms with Gasteiger partial charge in [0.05, 0.1) is 22.8 Å². The van der Waals surface area contributed by atoms with Gasteiger partial charge in [-0.15, -0.1) is 0 Å². The van der Waals surface area contributed by atoms with Crippen molar-refractivity contribution in [2.75, 3.05) is 4.90 Å². The fourth-order valence-corrected chi connectivity index (χ4v) is 6.41. The molecule has 2 aliphatic rings. The lowest BCUT2D eigenvalue weighted by atomic mass is 9.91. The van der Waals surface area contributed by atoms with Crippen LogP contribution in [0.3, 0.4) is 0 Å². The molecule has 3 heterocycles. The Bertz CT molecular complexity index is 1550. The average Bonchev–Trinajstić information content (AvgIpc) is 3.44. The summed E-state index contributed by atoms with van der Waals surface area (Å²) in [5, 5.41) is 4.69. The van der Waals surface area contributed by atoms with Gasteiger partial charge in [0, 0.05) is 41.6 Å². The van der Waals surface area contributed by atoms with Crippen LogP contribution in [0.4, 0.5) is 14.5 Å². The van der Waals surface area contributed by atoms with Crippen LogP contribution in [0.15, 0.2) is 40.9 Å². The summed E-state index contributed by atoms with van der Waals surface area (Å²) in [6.45, 7) is 5.71. The summed E-state index contributed by atoms with van der Waals surface area (Å²) in [4.78, 5) is 20.3. The molecule has 6 nitrogen and oxygen atoms in total. The van der Waals surface area contributed by atoms with Crippen LogP contribution >= 0.6 is 11.6 Å². The molecule has 1 saturated heterocycles. The molecule has 2 aromatic heterocycles. The second kappa shape index (κ2) is 9.73. The van der Waals surface area contributed by atoms with E-state index in [1.54, 1.807) is 4.90 Å². The number of halogens is 3. The molecule has 0 unspecified atom stereocenters. The normalized spacial score (nSPS) is 20.2. The van der Waals surface area contributed by atoms with Crippen molar-refractivity contribution in [2.24, 2.45) is 0 Å². The number of carbonyl (C=O) groups excluding carboxylic acids is 1. The van der Waals surface area contributed by atoms with Crippen LogP contribution in [-0.4, -0.2) is 26.5 Å². The molecule has 1 aliphatic carbocycles. The maximum atomic E-state index is 14.2. The number of imidazole rings is 1. The van der Waals surface area contributed by atoms with E-state index in [9.17, 15) is 13.6 Å². The summed E-state index contributed by atoms with van der Waals surface area (Å²) in [6, 6.07) is 11.2. The number of carbonyl (C=O) groups is 1. The molecule has 0 N–H and O–H groups in total. The molecule has 4 aromatic rings. The van der Waals surface area contributed by atoms with Crippen molar-refractivity contribution in [3.63, 3.8) is 0 Å². The Balaban J connectivity index is 1.51. The molecule has 1 amide bonds. The van der Waals surface area contributed by atoms with E-state index in [1.807, 2.05) is 57.2 Å². The Morgan fingerprint density at radius 1 is 1.05 bits per heavy atom. The first kappa shape index (κ1) is 26.0. The zero-order valence-corrected chi connectivity index (χ0v) is 23.1. The lowest BCUT2D eigenvalue weighted by Gasteiger charge is -2.37. The third-order valence-electron chi connectivity index (χ3n) is 8.27. The van der Waals surface area contributed by atoms with Crippen LogP contribution in [0.1, 0.15) is 79.9 Å². The number of hydrogen-bond donors (Lipinski definition) is 0. The molecule has 39 heavy (non-hydrogen) atoms. The Morgan fingerprint density at radius 2 is 1.82 bits per heavy atom. The molecule has 2 aromatic carbocycles. The van der Waals surface area contributed by atoms with E-state index in [2.05, 4.69) is 9.72 Å². The first-order chi connectivity index (χ1) is 18.6. The van der Waals surface area contributed by atoms with Crippen LogP contribution in [0.2, 0.25) is 5.02 Å². The molecule has 204 valence electrons. The van der Waals surface area contributed by atoms with Gasteiger partial charge in [0.15, 0.2) is 0 Å². The highest BCUT2D eigenvalue weighted by atomic mass is 35.5. The van der Waals surface area contributed by atoms with Crippen molar-refractivity contribution in [1.82, 2.24) is 14.7 Å². The summed E-state index contributed by atoms with van der Waals surface area (Å²) in [5.41, 5.74) is 5.96. The summed E-state index contributed by atoms with van der Waals surface area (Å²) >= 11 is 6.47. The van der Waals surface area contributed by atoms with Crippen molar-refractivity contribution in [3.05, 3.63) is 64.3 Å². The van der Waals surface area contributed by atoms with Crippen molar-refractivity contribution in [2.45, 2.75) is 83.7 Å². The summed E-state index contributed by atoms with van der Waals surface area (Å²) in [5.74, 6) is -1.17. The van der Waals surface area contributed by atoms with Crippen LogP contribution in [0, 0.1) is 20.8 Å². The van der Waals surface area contributed by atoms with Gasteiger partial charge in [0.2, 0.25) is 11.8 Å². The van der Waals surface area contributed by atoms with Crippen LogP contribution in [0.5, 0.6) is 0 Å². The molecule has 1 atom stereocenters. The standard InChI is InChI=1S/C30H31ClF2N4O2/c1-17-7-9-22(16-23(17)31)36-26(5-4-6-27(36)38)29-34-24-15-20(28-18(2)35-39-19(28)3)8-10-25(24)37(29)21-11-13-30(32,33)14-12-21/h7-10,15-16,21,26H,4-6,11-14H2,1-3H3/t26-/m0/s1. The predicted molar refractivity (Wildman–Crippen MR) is 147 cm³/mol. The van der Waals surface area contributed by atoms with E-state index in [1.165, 1.54) is 0 Å². The average molecular weight is 553 g/mol. The molecule has 0 radical (unpaired) electrons. The number of piperidine rings is 1. The molecule has 2 fully saturated rings. The molecule has 6 rings (SSSR count). The zero-order valence-electron chi connectivity index (χ0n) is 22.3. The fraction of sp³-hybridized carbons (Fsp3) is 0.433. The minimum Gasteiger partial charge on any atom is -0.361 e. The van der Waals surface area contributed by atoms with E-state index in [-0.39, 0.29) is 30.8 Å². The van der Waals surface area contributed by atoms with Gasteiger partial charge in [0.1, 0.15) is 11.6 Å². The third-order valence-corrected chi connectivity index (χ3v) is 8.68. The Hall–Kier alpha value is -3.26. The van der Waals surface area contributed by atoms with Crippen LogP contribution in [-0.2, 0) is 4.79 Å². The number of anilines is 1. The number of aryl methyl sites for hydroxylation is 3. The molecule has 0 bridgehead atoms. The van der Waals surface area contributed by atoms with Gasteiger partial charge in [-0.3, -0.25) is 4.79 Å². The molecule has 0 spiro atoms. The summed E-state index contributed by atoms with van der Waals surface area (Å²) < 4.78 is 35.9. The molecular formula is C30H31ClF2N4O2. The largest absolute Gasteiger partial charge is 0.361 e. The van der Waals surface area contributed by atoms with Crippen molar-refractivity contribution in [3.8, 4) is 11.1 Å². The topological polar surface area (TPSA) is 64.2 Å². The Morgan fingerprint density at radius 3 is 2.51 bits per heavy atom. The van der Waals surface area contributed by atoms with E-state index in [0.717, 1.165) is 63.5 Å². The highest BCUT2D eigenvalue weighted by molar-refractivity contribution is 6.31. The van der Waals surface area contributed by atoms with E-state index in [0.29, 0.717) is 24.3 Å². The Labute approximate surface area is 230 Å². The van der Waals surface area contributed by atoms with Gasteiger partial charge < -0.3 is 14.0 Å². The molecular weight excluding hydrogens is 522 g/mol. The number of nitrogens with zero attached hydrogens (tertiary/aromatic N) is 4. The predicted octanol–water partition coefficient (Wildman–Crippen LogP) is 8.28. The molecule has 1 aliphatic heterocycles. The minimum absolute atomic E-state index is 0.0105. The second-order valence-corrected chi connectivity index (χ2v) is 11.3. The number of fused-ring (bicyclic) bond motifs is 1. The van der Waals surface area contributed by atoms with E-state index < -0.39 is 5.92 Å².